The summed E-state index contributed by atoms with van der Waals surface area (Å²) in [7, 11) is -3.43. The summed E-state index contributed by atoms with van der Waals surface area (Å²) >= 11 is 0. The number of carbonyl (C=O) groups excluding carboxylic acids is 1. The minimum absolute atomic E-state index is 0.0550. The van der Waals surface area contributed by atoms with Gasteiger partial charge in [0.2, 0.25) is 0 Å². The number of hydrogen-bond donors (Lipinski definition) is 0. The van der Waals surface area contributed by atoms with Crippen molar-refractivity contribution in [2.24, 2.45) is 5.92 Å². The van der Waals surface area contributed by atoms with E-state index in [1.54, 1.807) is 19.1 Å². The molecule has 3 nitrogen and oxygen atoms in total. The summed E-state index contributed by atoms with van der Waals surface area (Å²) in [5, 5.41) is 1.35. The van der Waals surface area contributed by atoms with Crippen LogP contribution in [0.5, 0.6) is 0 Å². The van der Waals surface area contributed by atoms with Gasteiger partial charge in [-0.3, -0.25) is 4.79 Å². The molecule has 20 heavy (non-hydrogen) atoms. The van der Waals surface area contributed by atoms with Gasteiger partial charge in [-0.2, -0.15) is 0 Å². The maximum absolute atomic E-state index is 12.7. The largest absolute Gasteiger partial charge is 0.299 e. The molecule has 0 aromatic heterocycles. The lowest BCUT2D eigenvalue weighted by Crippen LogP contribution is -2.26. The van der Waals surface area contributed by atoms with E-state index in [0.717, 1.165) is 10.8 Å². The van der Waals surface area contributed by atoms with Crippen molar-refractivity contribution in [2.75, 3.05) is 0 Å². The molecular formula is C16H16O3S. The highest BCUT2D eigenvalue weighted by Gasteiger charge is 2.40. The first kappa shape index (κ1) is 13.3. The van der Waals surface area contributed by atoms with Crippen LogP contribution in [0.3, 0.4) is 0 Å². The Labute approximate surface area is 118 Å². The van der Waals surface area contributed by atoms with Crippen molar-refractivity contribution in [3.63, 3.8) is 0 Å². The second-order valence-corrected chi connectivity index (χ2v) is 7.55. The number of rotatable bonds is 2. The van der Waals surface area contributed by atoms with Gasteiger partial charge in [-0.1, -0.05) is 37.3 Å². The van der Waals surface area contributed by atoms with Gasteiger partial charge in [0.15, 0.2) is 9.84 Å². The Morgan fingerprint density at radius 2 is 1.75 bits per heavy atom. The van der Waals surface area contributed by atoms with Crippen LogP contribution < -0.4 is 0 Å². The maximum atomic E-state index is 12.7. The van der Waals surface area contributed by atoms with Gasteiger partial charge in [0, 0.05) is 12.3 Å². The van der Waals surface area contributed by atoms with Gasteiger partial charge >= 0.3 is 0 Å². The summed E-state index contributed by atoms with van der Waals surface area (Å²) in [6.07, 6.45) is 0.813. The molecule has 0 amide bonds. The normalized spacial score (nSPS) is 23.4. The molecule has 1 aliphatic carbocycles. The first-order valence-electron chi connectivity index (χ1n) is 6.75. The van der Waals surface area contributed by atoms with E-state index in [1.165, 1.54) is 0 Å². The molecular weight excluding hydrogens is 272 g/mol. The third-order valence-corrected chi connectivity index (χ3v) is 6.54. The second kappa shape index (κ2) is 4.70. The van der Waals surface area contributed by atoms with E-state index < -0.39 is 21.0 Å². The lowest BCUT2D eigenvalue weighted by atomic mass is 10.1. The van der Waals surface area contributed by atoms with E-state index in [2.05, 4.69) is 0 Å². The summed E-state index contributed by atoms with van der Waals surface area (Å²) in [4.78, 5) is 11.9. The Balaban J connectivity index is 2.07. The van der Waals surface area contributed by atoms with Crippen molar-refractivity contribution in [1.82, 2.24) is 0 Å². The Kier molecular flexibility index (Phi) is 3.13. The Hall–Kier alpha value is -1.68. The minimum atomic E-state index is -3.43. The molecule has 1 fully saturated rings. The van der Waals surface area contributed by atoms with Crippen LogP contribution in [0, 0.1) is 5.92 Å². The molecule has 0 radical (unpaired) electrons. The molecule has 2 atom stereocenters. The molecule has 3 rings (SSSR count). The van der Waals surface area contributed by atoms with Crippen LogP contribution >= 0.6 is 0 Å². The molecule has 104 valence electrons. The zero-order chi connectivity index (χ0) is 14.3. The average Bonchev–Trinajstić information content (AvgIpc) is 2.79. The number of carbonyl (C=O) groups is 1. The first-order chi connectivity index (χ1) is 9.50. The van der Waals surface area contributed by atoms with E-state index >= 15 is 0 Å². The van der Waals surface area contributed by atoms with Crippen LogP contribution in [0.15, 0.2) is 47.4 Å². The number of hydrogen-bond acceptors (Lipinski definition) is 3. The molecule has 0 spiro atoms. The number of benzene rings is 2. The molecule has 0 saturated heterocycles. The van der Waals surface area contributed by atoms with E-state index in [1.807, 2.05) is 30.3 Å². The molecule has 4 heteroatoms. The van der Waals surface area contributed by atoms with Crippen molar-refractivity contribution < 1.29 is 13.2 Å². The summed E-state index contributed by atoms with van der Waals surface area (Å²) in [5.41, 5.74) is 0. The van der Waals surface area contributed by atoms with Gasteiger partial charge in [0.05, 0.1) is 10.1 Å². The first-order valence-corrected chi connectivity index (χ1v) is 8.30. The summed E-state index contributed by atoms with van der Waals surface area (Å²) < 4.78 is 25.4. The van der Waals surface area contributed by atoms with Gasteiger partial charge in [-0.05, 0) is 29.3 Å². The number of Topliss-reactive ketones (excluding diaryl/α,β-unsaturated/α-hetero) is 1. The van der Waals surface area contributed by atoms with Crippen molar-refractivity contribution in [2.45, 2.75) is 29.9 Å². The molecule has 0 heterocycles. The maximum Gasteiger partial charge on any atom is 0.181 e. The van der Waals surface area contributed by atoms with Gasteiger partial charge in [-0.15, -0.1) is 0 Å². The highest BCUT2D eigenvalue weighted by atomic mass is 32.2. The zero-order valence-corrected chi connectivity index (χ0v) is 12.1. The van der Waals surface area contributed by atoms with Crippen molar-refractivity contribution in [3.8, 4) is 0 Å². The average molecular weight is 288 g/mol. The highest BCUT2D eigenvalue weighted by molar-refractivity contribution is 7.92. The predicted octanol–water partition coefficient (Wildman–Crippen LogP) is 2.98. The SMILES string of the molecule is CC1C(=O)CCC1S(=O)(=O)c1ccc2ccccc2c1. The van der Waals surface area contributed by atoms with Crippen LogP contribution in [-0.2, 0) is 14.6 Å². The molecule has 0 bridgehead atoms. The highest BCUT2D eigenvalue weighted by Crippen LogP contribution is 2.33. The molecule has 0 N–H and O–H groups in total. The number of fused-ring (bicyclic) bond motifs is 1. The number of ketones is 1. The lowest BCUT2D eigenvalue weighted by molar-refractivity contribution is -0.120. The predicted molar refractivity (Wildman–Crippen MR) is 78.3 cm³/mol. The fourth-order valence-electron chi connectivity index (χ4n) is 2.91. The molecule has 0 aliphatic heterocycles. The summed E-state index contributed by atoms with van der Waals surface area (Å²) in [6, 6.07) is 12.8. The Morgan fingerprint density at radius 3 is 2.40 bits per heavy atom. The minimum Gasteiger partial charge on any atom is -0.299 e. The standard InChI is InChI=1S/C16H16O3S/c1-11-15(17)8-9-16(11)20(18,19)14-7-6-12-4-2-3-5-13(12)10-14/h2-7,10-11,16H,8-9H2,1H3. The molecule has 2 aromatic carbocycles. The fourth-order valence-corrected chi connectivity index (χ4v) is 4.93. The third-order valence-electron chi connectivity index (χ3n) is 4.19. The fraction of sp³-hybridized carbons (Fsp3) is 0.312. The topological polar surface area (TPSA) is 51.2 Å². The van der Waals surface area contributed by atoms with Gasteiger partial charge < -0.3 is 0 Å². The van der Waals surface area contributed by atoms with E-state index in [-0.39, 0.29) is 5.78 Å². The van der Waals surface area contributed by atoms with Crippen molar-refractivity contribution in [3.05, 3.63) is 42.5 Å². The zero-order valence-electron chi connectivity index (χ0n) is 11.2. The summed E-state index contributed by atoms with van der Waals surface area (Å²) in [5.74, 6) is -0.342. The summed E-state index contributed by atoms with van der Waals surface area (Å²) in [6.45, 7) is 1.72. The number of sulfone groups is 1. The van der Waals surface area contributed by atoms with Gasteiger partial charge in [0.25, 0.3) is 0 Å². The lowest BCUT2D eigenvalue weighted by Gasteiger charge is -2.15. The van der Waals surface area contributed by atoms with Crippen molar-refractivity contribution >= 4 is 26.4 Å². The van der Waals surface area contributed by atoms with Crippen LogP contribution in [0.4, 0.5) is 0 Å². The van der Waals surface area contributed by atoms with Crippen LogP contribution in [0.1, 0.15) is 19.8 Å². The Morgan fingerprint density at radius 1 is 1.05 bits per heavy atom. The van der Waals surface area contributed by atoms with Gasteiger partial charge in [-0.25, -0.2) is 8.42 Å². The Bertz CT molecular complexity index is 777. The van der Waals surface area contributed by atoms with E-state index in [4.69, 9.17) is 0 Å². The van der Waals surface area contributed by atoms with E-state index in [0.29, 0.717) is 17.7 Å². The van der Waals surface area contributed by atoms with Crippen molar-refractivity contribution in [1.29, 1.82) is 0 Å². The van der Waals surface area contributed by atoms with Crippen LogP contribution in [-0.4, -0.2) is 19.5 Å². The second-order valence-electron chi connectivity index (χ2n) is 5.39. The third kappa shape index (κ3) is 2.04. The van der Waals surface area contributed by atoms with Crippen LogP contribution in [0.2, 0.25) is 0 Å². The quantitative estimate of drug-likeness (QED) is 0.853. The smallest absolute Gasteiger partial charge is 0.181 e. The molecule has 2 unspecified atom stereocenters. The monoisotopic (exact) mass is 288 g/mol. The molecule has 1 aliphatic rings. The molecule has 2 aromatic rings. The van der Waals surface area contributed by atoms with Gasteiger partial charge in [0.1, 0.15) is 5.78 Å². The van der Waals surface area contributed by atoms with E-state index in [9.17, 15) is 13.2 Å². The molecule has 1 saturated carbocycles. The van der Waals surface area contributed by atoms with Crippen LogP contribution in [0.25, 0.3) is 10.8 Å².